The Morgan fingerprint density at radius 2 is 2.00 bits per heavy atom. The third-order valence-corrected chi connectivity index (χ3v) is 3.47. The molecule has 1 fully saturated rings. The number of ether oxygens (including phenoxy) is 3. The molecule has 1 aromatic rings. The smallest absolute Gasteiger partial charge is 0.231 e. The third kappa shape index (κ3) is 2.98. The molecule has 0 radical (unpaired) electrons. The molecule has 2 heterocycles. The zero-order chi connectivity index (χ0) is 13.1. The zero-order valence-corrected chi connectivity index (χ0v) is 10.7. The van der Waals surface area contributed by atoms with Gasteiger partial charge >= 0.3 is 0 Å². The summed E-state index contributed by atoms with van der Waals surface area (Å²) in [5, 5.41) is 2.90. The first-order valence-electron chi connectivity index (χ1n) is 6.58. The van der Waals surface area contributed by atoms with E-state index in [1.807, 2.05) is 12.1 Å². The molecule has 0 atom stereocenters. The summed E-state index contributed by atoms with van der Waals surface area (Å²) >= 11 is 0. The van der Waals surface area contributed by atoms with Gasteiger partial charge in [-0.2, -0.15) is 0 Å². The molecule has 0 aliphatic carbocycles. The van der Waals surface area contributed by atoms with Gasteiger partial charge in [0.15, 0.2) is 11.5 Å². The summed E-state index contributed by atoms with van der Waals surface area (Å²) in [4.78, 5) is 12.0. The van der Waals surface area contributed by atoms with Gasteiger partial charge in [0.2, 0.25) is 12.7 Å². The van der Waals surface area contributed by atoms with E-state index >= 15 is 0 Å². The van der Waals surface area contributed by atoms with E-state index in [4.69, 9.17) is 14.2 Å². The quantitative estimate of drug-likeness (QED) is 0.908. The first-order chi connectivity index (χ1) is 9.31. The highest BCUT2D eigenvalue weighted by atomic mass is 16.7. The first kappa shape index (κ1) is 12.3. The van der Waals surface area contributed by atoms with Gasteiger partial charge in [-0.1, -0.05) is 0 Å². The van der Waals surface area contributed by atoms with Crippen molar-refractivity contribution >= 4 is 11.6 Å². The highest BCUT2D eigenvalue weighted by Gasteiger charge is 2.18. The topological polar surface area (TPSA) is 56.8 Å². The normalized spacial score (nSPS) is 18.3. The highest BCUT2D eigenvalue weighted by molar-refractivity contribution is 5.91. The fourth-order valence-corrected chi connectivity index (χ4v) is 2.40. The van der Waals surface area contributed by atoms with Gasteiger partial charge in [0.25, 0.3) is 0 Å². The summed E-state index contributed by atoms with van der Waals surface area (Å²) in [7, 11) is 0. The lowest BCUT2D eigenvalue weighted by Gasteiger charge is -2.21. The maximum atomic E-state index is 12.0. The van der Waals surface area contributed by atoms with Crippen LogP contribution in [0.1, 0.15) is 19.3 Å². The standard InChI is InChI=1S/C14H17NO4/c16-14(7-10-3-5-17-6-4-10)15-11-1-2-12-13(8-11)19-9-18-12/h1-2,8,10H,3-7,9H2,(H,15,16). The van der Waals surface area contributed by atoms with Crippen LogP contribution in [0.5, 0.6) is 11.5 Å². The maximum absolute atomic E-state index is 12.0. The molecule has 1 saturated heterocycles. The molecule has 0 saturated carbocycles. The van der Waals surface area contributed by atoms with E-state index in [0.29, 0.717) is 18.1 Å². The van der Waals surface area contributed by atoms with E-state index < -0.39 is 0 Å². The molecule has 1 N–H and O–H groups in total. The minimum Gasteiger partial charge on any atom is -0.454 e. The number of benzene rings is 1. The summed E-state index contributed by atoms with van der Waals surface area (Å²) in [5.41, 5.74) is 0.751. The molecule has 1 amide bonds. The second-order valence-electron chi connectivity index (χ2n) is 4.88. The molecule has 2 aliphatic heterocycles. The number of fused-ring (bicyclic) bond motifs is 1. The summed E-state index contributed by atoms with van der Waals surface area (Å²) < 4.78 is 15.8. The van der Waals surface area contributed by atoms with E-state index in [1.165, 1.54) is 0 Å². The predicted molar refractivity (Wildman–Crippen MR) is 69.4 cm³/mol. The van der Waals surface area contributed by atoms with Crippen LogP contribution >= 0.6 is 0 Å². The Bertz CT molecular complexity index is 469. The van der Waals surface area contributed by atoms with Crippen LogP contribution < -0.4 is 14.8 Å². The van der Waals surface area contributed by atoms with Gasteiger partial charge in [0.05, 0.1) is 0 Å². The molecule has 2 aliphatic rings. The van der Waals surface area contributed by atoms with Gasteiger partial charge in [-0.3, -0.25) is 4.79 Å². The molecule has 3 rings (SSSR count). The molecule has 19 heavy (non-hydrogen) atoms. The number of nitrogens with one attached hydrogen (secondary N) is 1. The van der Waals surface area contributed by atoms with Gasteiger partial charge in [-0.15, -0.1) is 0 Å². The Labute approximate surface area is 111 Å². The molecular formula is C14H17NO4. The van der Waals surface area contributed by atoms with Gasteiger partial charge < -0.3 is 19.5 Å². The molecule has 0 spiro atoms. The van der Waals surface area contributed by atoms with Gasteiger partial charge in [0, 0.05) is 31.4 Å². The van der Waals surface area contributed by atoms with Crippen molar-refractivity contribution in [2.75, 3.05) is 25.3 Å². The van der Waals surface area contributed by atoms with Gasteiger partial charge in [0.1, 0.15) is 0 Å². The predicted octanol–water partition coefficient (Wildman–Crippen LogP) is 2.17. The van der Waals surface area contributed by atoms with E-state index in [1.54, 1.807) is 6.07 Å². The van der Waals surface area contributed by atoms with Crippen LogP contribution in [-0.4, -0.2) is 25.9 Å². The lowest BCUT2D eigenvalue weighted by atomic mass is 9.96. The molecular weight excluding hydrogens is 246 g/mol. The van der Waals surface area contributed by atoms with E-state index in [9.17, 15) is 4.79 Å². The average Bonchev–Trinajstić information content (AvgIpc) is 2.87. The van der Waals surface area contributed by atoms with Crippen LogP contribution in [0.2, 0.25) is 0 Å². The molecule has 5 heteroatoms. The van der Waals surface area contributed by atoms with E-state index in [0.717, 1.165) is 37.5 Å². The number of amides is 1. The molecule has 1 aromatic carbocycles. The van der Waals surface area contributed by atoms with Crippen LogP contribution in [0.4, 0.5) is 5.69 Å². The lowest BCUT2D eigenvalue weighted by molar-refractivity contribution is -0.117. The number of anilines is 1. The fraction of sp³-hybridized carbons (Fsp3) is 0.500. The van der Waals surface area contributed by atoms with Crippen LogP contribution in [0.3, 0.4) is 0 Å². The minimum atomic E-state index is 0.0470. The Balaban J connectivity index is 1.56. The van der Waals surface area contributed by atoms with Crippen molar-refractivity contribution in [3.05, 3.63) is 18.2 Å². The Morgan fingerprint density at radius 1 is 1.21 bits per heavy atom. The molecule has 0 bridgehead atoms. The SMILES string of the molecule is O=C(CC1CCOCC1)Nc1ccc2c(c1)OCO2. The largest absolute Gasteiger partial charge is 0.454 e. The van der Waals surface area contributed by atoms with E-state index in [-0.39, 0.29) is 12.7 Å². The Morgan fingerprint density at radius 3 is 2.84 bits per heavy atom. The number of carbonyl (C=O) groups excluding carboxylic acids is 1. The average molecular weight is 263 g/mol. The van der Waals surface area contributed by atoms with Crippen LogP contribution in [-0.2, 0) is 9.53 Å². The fourth-order valence-electron chi connectivity index (χ4n) is 2.40. The van der Waals surface area contributed by atoms with Crippen molar-refractivity contribution in [1.82, 2.24) is 0 Å². The monoisotopic (exact) mass is 263 g/mol. The van der Waals surface area contributed by atoms with Crippen LogP contribution in [0.15, 0.2) is 18.2 Å². The molecule has 102 valence electrons. The summed E-state index contributed by atoms with van der Waals surface area (Å²) in [5.74, 6) is 1.89. The second kappa shape index (κ2) is 5.48. The van der Waals surface area contributed by atoms with Crippen molar-refractivity contribution in [3.8, 4) is 11.5 Å². The maximum Gasteiger partial charge on any atom is 0.231 e. The van der Waals surface area contributed by atoms with Crippen LogP contribution in [0.25, 0.3) is 0 Å². The zero-order valence-electron chi connectivity index (χ0n) is 10.7. The number of rotatable bonds is 3. The molecule has 0 unspecified atom stereocenters. The Hall–Kier alpha value is -1.75. The lowest BCUT2D eigenvalue weighted by Crippen LogP contribution is -2.22. The van der Waals surface area contributed by atoms with Crippen molar-refractivity contribution in [3.63, 3.8) is 0 Å². The molecule has 5 nitrogen and oxygen atoms in total. The third-order valence-electron chi connectivity index (χ3n) is 3.47. The summed E-state index contributed by atoms with van der Waals surface area (Å²) in [6.07, 6.45) is 2.49. The number of hydrogen-bond donors (Lipinski definition) is 1. The van der Waals surface area contributed by atoms with E-state index in [2.05, 4.69) is 5.32 Å². The van der Waals surface area contributed by atoms with Crippen molar-refractivity contribution in [2.45, 2.75) is 19.3 Å². The first-order valence-corrected chi connectivity index (χ1v) is 6.58. The van der Waals surface area contributed by atoms with Gasteiger partial charge in [-0.25, -0.2) is 0 Å². The van der Waals surface area contributed by atoms with Crippen molar-refractivity contribution < 1.29 is 19.0 Å². The summed E-state index contributed by atoms with van der Waals surface area (Å²) in [6.45, 7) is 1.78. The number of carbonyl (C=O) groups is 1. The second-order valence-corrected chi connectivity index (χ2v) is 4.88. The molecule has 0 aromatic heterocycles. The minimum absolute atomic E-state index is 0.0470. The van der Waals surface area contributed by atoms with Crippen molar-refractivity contribution in [2.24, 2.45) is 5.92 Å². The highest BCUT2D eigenvalue weighted by Crippen LogP contribution is 2.34. The van der Waals surface area contributed by atoms with Gasteiger partial charge in [-0.05, 0) is 30.9 Å². The van der Waals surface area contributed by atoms with Crippen molar-refractivity contribution in [1.29, 1.82) is 0 Å². The number of hydrogen-bond acceptors (Lipinski definition) is 4. The Kier molecular flexibility index (Phi) is 3.55. The van der Waals surface area contributed by atoms with Crippen LogP contribution in [0, 0.1) is 5.92 Å². The summed E-state index contributed by atoms with van der Waals surface area (Å²) in [6, 6.07) is 5.44.